The van der Waals surface area contributed by atoms with E-state index in [0.717, 1.165) is 4.47 Å². The van der Waals surface area contributed by atoms with E-state index < -0.39 is 5.54 Å². The minimum absolute atomic E-state index is 0.0822. The molecule has 0 saturated carbocycles. The van der Waals surface area contributed by atoms with Gasteiger partial charge in [0.2, 0.25) is 0 Å². The minimum Gasteiger partial charge on any atom is -0.325 e. The highest BCUT2D eigenvalue weighted by atomic mass is 79.9. The van der Waals surface area contributed by atoms with Gasteiger partial charge in [0.1, 0.15) is 0 Å². The molecule has 2 nitrogen and oxygen atoms in total. The second-order valence-electron chi connectivity index (χ2n) is 4.10. The van der Waals surface area contributed by atoms with Crippen molar-refractivity contribution in [1.82, 2.24) is 0 Å². The van der Waals surface area contributed by atoms with Gasteiger partial charge in [-0.2, -0.15) is 0 Å². The van der Waals surface area contributed by atoms with E-state index in [2.05, 4.69) is 15.9 Å². The molecule has 0 bridgehead atoms. The third-order valence-electron chi connectivity index (χ3n) is 1.76. The van der Waals surface area contributed by atoms with Crippen molar-refractivity contribution in [1.29, 1.82) is 0 Å². The first kappa shape index (κ1) is 11.4. The molecule has 1 aromatic rings. The van der Waals surface area contributed by atoms with Crippen molar-refractivity contribution >= 4 is 21.7 Å². The molecule has 0 aliphatic carbocycles. The Morgan fingerprint density at radius 2 is 2.14 bits per heavy atom. The van der Waals surface area contributed by atoms with E-state index in [1.54, 1.807) is 6.07 Å². The van der Waals surface area contributed by atoms with Crippen molar-refractivity contribution < 1.29 is 4.79 Å². The number of halogens is 1. The van der Waals surface area contributed by atoms with Gasteiger partial charge < -0.3 is 5.73 Å². The summed E-state index contributed by atoms with van der Waals surface area (Å²) in [5.74, 6) is 0.0822. The minimum atomic E-state index is -0.445. The molecule has 3 heteroatoms. The first-order valence-electron chi connectivity index (χ1n) is 4.46. The summed E-state index contributed by atoms with van der Waals surface area (Å²) in [7, 11) is 0. The maximum absolute atomic E-state index is 11.7. The maximum atomic E-state index is 11.7. The molecule has 0 aliphatic rings. The maximum Gasteiger partial charge on any atom is 0.164 e. The lowest BCUT2D eigenvalue weighted by atomic mass is 9.95. The van der Waals surface area contributed by atoms with Crippen LogP contribution in [0, 0.1) is 0 Å². The second-order valence-corrected chi connectivity index (χ2v) is 5.01. The molecule has 1 aromatic carbocycles. The number of hydrogen-bond donors (Lipinski definition) is 1. The van der Waals surface area contributed by atoms with E-state index in [9.17, 15) is 4.79 Å². The largest absolute Gasteiger partial charge is 0.325 e. The fourth-order valence-electron chi connectivity index (χ4n) is 1.18. The van der Waals surface area contributed by atoms with Crippen LogP contribution in [0.4, 0.5) is 0 Å². The highest BCUT2D eigenvalue weighted by Crippen LogP contribution is 2.15. The highest BCUT2D eigenvalue weighted by Gasteiger charge is 2.17. The third kappa shape index (κ3) is 3.60. The normalized spacial score (nSPS) is 11.4. The first-order chi connectivity index (χ1) is 6.38. The van der Waals surface area contributed by atoms with Gasteiger partial charge in [-0.3, -0.25) is 4.79 Å². The molecule has 0 unspecified atom stereocenters. The predicted molar refractivity (Wildman–Crippen MR) is 61.4 cm³/mol. The zero-order valence-electron chi connectivity index (χ0n) is 8.38. The Kier molecular flexibility index (Phi) is 3.45. The van der Waals surface area contributed by atoms with Crippen molar-refractivity contribution in [3.63, 3.8) is 0 Å². The van der Waals surface area contributed by atoms with Gasteiger partial charge >= 0.3 is 0 Å². The molecule has 0 spiro atoms. The molecule has 0 heterocycles. The Bertz CT molecular complexity index is 341. The number of rotatable bonds is 3. The first-order valence-corrected chi connectivity index (χ1v) is 5.25. The summed E-state index contributed by atoms with van der Waals surface area (Å²) in [6.45, 7) is 3.70. The molecule has 0 fully saturated rings. The van der Waals surface area contributed by atoms with E-state index in [1.165, 1.54) is 0 Å². The fourth-order valence-corrected chi connectivity index (χ4v) is 1.58. The lowest BCUT2D eigenvalue weighted by Gasteiger charge is -2.16. The molecular formula is C11H14BrNO. The second kappa shape index (κ2) is 4.24. The lowest BCUT2D eigenvalue weighted by molar-refractivity contribution is 0.0960. The Morgan fingerprint density at radius 3 is 2.64 bits per heavy atom. The number of ketones is 1. The summed E-state index contributed by atoms with van der Waals surface area (Å²) in [5, 5.41) is 0. The smallest absolute Gasteiger partial charge is 0.164 e. The molecule has 14 heavy (non-hydrogen) atoms. The molecule has 1 rings (SSSR count). The summed E-state index contributed by atoms with van der Waals surface area (Å²) in [6, 6.07) is 7.36. The molecule has 0 saturated heterocycles. The van der Waals surface area contributed by atoms with Crippen LogP contribution >= 0.6 is 15.9 Å². The van der Waals surface area contributed by atoms with E-state index in [0.29, 0.717) is 12.0 Å². The van der Waals surface area contributed by atoms with Gasteiger partial charge in [-0.25, -0.2) is 0 Å². The molecule has 0 radical (unpaired) electrons. The molecule has 0 aliphatic heterocycles. The topological polar surface area (TPSA) is 43.1 Å². The van der Waals surface area contributed by atoms with E-state index in [1.807, 2.05) is 32.0 Å². The number of hydrogen-bond acceptors (Lipinski definition) is 2. The number of benzene rings is 1. The van der Waals surface area contributed by atoms with Gasteiger partial charge in [0.15, 0.2) is 5.78 Å². The Labute approximate surface area is 92.6 Å². The average Bonchev–Trinajstić information content (AvgIpc) is 2.01. The molecular weight excluding hydrogens is 242 g/mol. The van der Waals surface area contributed by atoms with Crippen LogP contribution in [-0.4, -0.2) is 11.3 Å². The predicted octanol–water partition coefficient (Wildman–Crippen LogP) is 2.76. The van der Waals surface area contributed by atoms with Crippen molar-refractivity contribution in [2.24, 2.45) is 5.73 Å². The van der Waals surface area contributed by atoms with Gasteiger partial charge in [-0.1, -0.05) is 28.1 Å². The SMILES string of the molecule is CC(C)(N)CC(=O)c1cccc(Br)c1. The molecule has 0 aromatic heterocycles. The molecule has 76 valence electrons. The summed E-state index contributed by atoms with van der Waals surface area (Å²) < 4.78 is 0.915. The van der Waals surface area contributed by atoms with Crippen molar-refractivity contribution in [3.05, 3.63) is 34.3 Å². The fraction of sp³-hybridized carbons (Fsp3) is 0.364. The average molecular weight is 256 g/mol. The van der Waals surface area contributed by atoms with Crippen molar-refractivity contribution in [2.75, 3.05) is 0 Å². The number of carbonyl (C=O) groups is 1. The van der Waals surface area contributed by atoms with E-state index >= 15 is 0 Å². The monoisotopic (exact) mass is 255 g/mol. The van der Waals surface area contributed by atoms with E-state index in [-0.39, 0.29) is 5.78 Å². The quantitative estimate of drug-likeness (QED) is 0.845. The van der Waals surface area contributed by atoms with Crippen molar-refractivity contribution in [2.45, 2.75) is 25.8 Å². The zero-order valence-corrected chi connectivity index (χ0v) is 9.97. The van der Waals surface area contributed by atoms with Crippen LogP contribution < -0.4 is 5.73 Å². The lowest BCUT2D eigenvalue weighted by Crippen LogP contribution is -2.34. The summed E-state index contributed by atoms with van der Waals surface area (Å²) in [5.41, 5.74) is 6.04. The van der Waals surface area contributed by atoms with Crippen LogP contribution in [0.15, 0.2) is 28.7 Å². The zero-order chi connectivity index (χ0) is 10.8. The Morgan fingerprint density at radius 1 is 1.50 bits per heavy atom. The van der Waals surface area contributed by atoms with Crippen molar-refractivity contribution in [3.8, 4) is 0 Å². The summed E-state index contributed by atoms with van der Waals surface area (Å²) in [6.07, 6.45) is 0.365. The summed E-state index contributed by atoms with van der Waals surface area (Å²) >= 11 is 3.33. The van der Waals surface area contributed by atoms with Gasteiger partial charge in [-0.15, -0.1) is 0 Å². The van der Waals surface area contributed by atoms with Gasteiger partial charge in [0.05, 0.1) is 0 Å². The van der Waals surface area contributed by atoms with Crippen LogP contribution in [0.5, 0.6) is 0 Å². The summed E-state index contributed by atoms with van der Waals surface area (Å²) in [4.78, 5) is 11.7. The van der Waals surface area contributed by atoms with Crippen LogP contribution in [0.1, 0.15) is 30.6 Å². The molecule has 0 atom stereocenters. The Hall–Kier alpha value is -0.670. The van der Waals surface area contributed by atoms with E-state index in [4.69, 9.17) is 5.73 Å². The Balaban J connectivity index is 2.80. The van der Waals surface area contributed by atoms with Crippen LogP contribution in [0.3, 0.4) is 0 Å². The van der Waals surface area contributed by atoms with Crippen LogP contribution in [-0.2, 0) is 0 Å². The van der Waals surface area contributed by atoms with Gasteiger partial charge in [-0.05, 0) is 26.0 Å². The highest BCUT2D eigenvalue weighted by molar-refractivity contribution is 9.10. The van der Waals surface area contributed by atoms with Gasteiger partial charge in [0, 0.05) is 22.0 Å². The standard InChI is InChI=1S/C11H14BrNO/c1-11(2,13)7-10(14)8-4-3-5-9(12)6-8/h3-6H,7,13H2,1-2H3. The van der Waals surface area contributed by atoms with Crippen LogP contribution in [0.25, 0.3) is 0 Å². The van der Waals surface area contributed by atoms with Gasteiger partial charge in [0.25, 0.3) is 0 Å². The molecule has 0 amide bonds. The number of nitrogens with two attached hydrogens (primary N) is 1. The number of Topliss-reactive ketones (excluding diaryl/α,β-unsaturated/α-hetero) is 1. The van der Waals surface area contributed by atoms with Crippen LogP contribution in [0.2, 0.25) is 0 Å². The third-order valence-corrected chi connectivity index (χ3v) is 2.26. The number of carbonyl (C=O) groups excluding carboxylic acids is 1. The molecule has 2 N–H and O–H groups in total.